The monoisotopic (exact) mass is 342 g/mol. The van der Waals surface area contributed by atoms with Gasteiger partial charge in [-0.3, -0.25) is 4.79 Å². The Balaban J connectivity index is 1.73. The summed E-state index contributed by atoms with van der Waals surface area (Å²) in [5, 5.41) is 20.4. The highest BCUT2D eigenvalue weighted by Gasteiger charge is 2.12. The van der Waals surface area contributed by atoms with E-state index in [1.165, 1.54) is 25.3 Å². The average molecular weight is 342 g/mol. The van der Waals surface area contributed by atoms with Crippen LogP contribution in [-0.2, 0) is 4.79 Å². The Labute approximate surface area is 142 Å². The van der Waals surface area contributed by atoms with Crippen molar-refractivity contribution in [3.05, 3.63) is 48.3 Å². The smallest absolute Gasteiger partial charge is 0.283 e. The van der Waals surface area contributed by atoms with Crippen LogP contribution in [0.1, 0.15) is 0 Å². The van der Waals surface area contributed by atoms with Crippen LogP contribution in [-0.4, -0.2) is 29.7 Å². The van der Waals surface area contributed by atoms with Crippen LogP contribution in [0, 0.1) is 5.82 Å². The maximum absolute atomic E-state index is 13.3. The number of methoxy groups -OCH3 is 1. The van der Waals surface area contributed by atoms with Crippen molar-refractivity contribution in [1.82, 2.24) is 4.98 Å². The van der Waals surface area contributed by atoms with Gasteiger partial charge in [0.05, 0.1) is 24.9 Å². The number of para-hydroxylation sites is 2. The first-order valence-electron chi connectivity index (χ1n) is 7.40. The topological polar surface area (TPSA) is 99.1 Å². The van der Waals surface area contributed by atoms with Gasteiger partial charge in [0, 0.05) is 5.39 Å². The summed E-state index contributed by atoms with van der Waals surface area (Å²) >= 11 is 0. The molecule has 0 saturated heterocycles. The highest BCUT2D eigenvalue weighted by molar-refractivity contribution is 5.94. The largest absolute Gasteiger partial charge is 0.495 e. The number of anilines is 1. The fourth-order valence-electron chi connectivity index (χ4n) is 2.34. The molecule has 0 radical (unpaired) electrons. The van der Waals surface area contributed by atoms with Gasteiger partial charge in [0.1, 0.15) is 11.6 Å². The summed E-state index contributed by atoms with van der Waals surface area (Å²) in [5.74, 6) is -0.727. The zero-order valence-electron chi connectivity index (χ0n) is 13.3. The minimum atomic E-state index is -0.559. The molecule has 128 valence electrons. The third-order valence-corrected chi connectivity index (χ3v) is 3.51. The number of aromatic amines is 1. The molecule has 7 nitrogen and oxygen atoms in total. The number of ether oxygens (including phenoxy) is 1. The fourth-order valence-corrected chi connectivity index (χ4v) is 2.34. The molecule has 25 heavy (non-hydrogen) atoms. The molecule has 0 saturated carbocycles. The minimum Gasteiger partial charge on any atom is -0.495 e. The molecular formula is C17H15FN4O3. The first kappa shape index (κ1) is 16.4. The van der Waals surface area contributed by atoms with Crippen molar-refractivity contribution < 1.29 is 19.0 Å². The summed E-state index contributed by atoms with van der Waals surface area (Å²) in [4.78, 5) is 14.5. The zero-order valence-corrected chi connectivity index (χ0v) is 13.3. The van der Waals surface area contributed by atoms with E-state index in [4.69, 9.17) is 4.74 Å². The van der Waals surface area contributed by atoms with Gasteiger partial charge in [-0.05, 0) is 30.3 Å². The molecule has 3 aromatic rings. The Morgan fingerprint density at radius 1 is 1.32 bits per heavy atom. The number of carbonyl (C=O) groups excluding carboxylic acids is 1. The number of benzene rings is 2. The van der Waals surface area contributed by atoms with Gasteiger partial charge in [-0.1, -0.05) is 12.1 Å². The molecule has 0 aliphatic heterocycles. The number of nitrogens with zero attached hydrogens (tertiary/aromatic N) is 2. The predicted octanol–water partition coefficient (Wildman–Crippen LogP) is 3.74. The Kier molecular flexibility index (Phi) is 4.60. The predicted molar refractivity (Wildman–Crippen MR) is 90.9 cm³/mol. The van der Waals surface area contributed by atoms with Crippen molar-refractivity contribution in [2.24, 2.45) is 10.2 Å². The molecule has 3 N–H and O–H groups in total. The molecule has 0 unspecified atom stereocenters. The van der Waals surface area contributed by atoms with E-state index in [-0.39, 0.29) is 18.1 Å². The number of hydrogen-bond donors (Lipinski definition) is 3. The lowest BCUT2D eigenvalue weighted by Crippen LogP contribution is -2.11. The third kappa shape index (κ3) is 3.57. The number of aromatic hydroxyl groups is 1. The van der Waals surface area contributed by atoms with E-state index < -0.39 is 11.7 Å². The Bertz CT molecular complexity index is 952. The zero-order chi connectivity index (χ0) is 17.8. The first-order valence-corrected chi connectivity index (χ1v) is 7.40. The molecule has 0 bridgehead atoms. The molecule has 1 aromatic heterocycles. The highest BCUT2D eigenvalue weighted by Crippen LogP contribution is 2.35. The van der Waals surface area contributed by atoms with Crippen LogP contribution in [0.5, 0.6) is 11.6 Å². The average Bonchev–Trinajstić information content (AvgIpc) is 2.93. The van der Waals surface area contributed by atoms with E-state index in [2.05, 4.69) is 20.5 Å². The van der Waals surface area contributed by atoms with Crippen molar-refractivity contribution in [3.63, 3.8) is 0 Å². The van der Waals surface area contributed by atoms with E-state index in [1.54, 1.807) is 18.2 Å². The summed E-state index contributed by atoms with van der Waals surface area (Å²) in [7, 11) is 1.53. The Morgan fingerprint density at radius 3 is 2.92 bits per heavy atom. The second-order valence-electron chi connectivity index (χ2n) is 5.16. The summed E-state index contributed by atoms with van der Waals surface area (Å²) in [6, 6.07) is 11.1. The molecule has 0 spiro atoms. The Hall–Kier alpha value is -3.42. The van der Waals surface area contributed by atoms with Crippen LogP contribution in [0.2, 0.25) is 0 Å². The second kappa shape index (κ2) is 7.00. The van der Waals surface area contributed by atoms with Crippen molar-refractivity contribution >= 4 is 28.2 Å². The quantitative estimate of drug-likeness (QED) is 0.615. The fraction of sp³-hybridized carbons (Fsp3) is 0.118. The van der Waals surface area contributed by atoms with Gasteiger partial charge in [-0.15, -0.1) is 10.2 Å². The van der Waals surface area contributed by atoms with Gasteiger partial charge in [0.15, 0.2) is 5.69 Å². The van der Waals surface area contributed by atoms with Gasteiger partial charge in [-0.25, -0.2) is 4.39 Å². The summed E-state index contributed by atoms with van der Waals surface area (Å²) in [6.07, 6.45) is 0. The van der Waals surface area contributed by atoms with Crippen molar-refractivity contribution in [2.45, 2.75) is 0 Å². The van der Waals surface area contributed by atoms with Crippen LogP contribution in [0.25, 0.3) is 10.9 Å². The van der Waals surface area contributed by atoms with Gasteiger partial charge in [-0.2, -0.15) is 0 Å². The van der Waals surface area contributed by atoms with Crippen LogP contribution in [0.4, 0.5) is 15.8 Å². The molecule has 2 aromatic carbocycles. The third-order valence-electron chi connectivity index (χ3n) is 3.51. The maximum Gasteiger partial charge on any atom is 0.283 e. The number of carbonyl (C=O) groups is 1. The number of fused-ring (bicyclic) bond motifs is 1. The number of azo groups is 1. The SMILES string of the molecule is COc1ccccc1NCC(=O)N=Nc1c(O)[nH]c2ccc(F)cc12. The van der Waals surface area contributed by atoms with E-state index in [0.29, 0.717) is 22.3 Å². The minimum absolute atomic E-state index is 0.0140. The molecule has 0 aliphatic carbocycles. The summed E-state index contributed by atoms with van der Waals surface area (Å²) in [6.45, 7) is -0.110. The standard InChI is InChI=1S/C17H15FN4O3/c1-25-14-5-3-2-4-13(14)19-9-15(23)21-22-16-11-8-10(18)6-7-12(11)20-17(16)24/h2-8,19-20,24H,9H2,1H3. The summed E-state index contributed by atoms with van der Waals surface area (Å²) in [5.41, 5.74) is 1.15. The van der Waals surface area contributed by atoms with E-state index in [1.807, 2.05) is 6.07 Å². The normalized spacial score (nSPS) is 11.1. The van der Waals surface area contributed by atoms with Crippen LogP contribution in [0.15, 0.2) is 52.7 Å². The van der Waals surface area contributed by atoms with Crippen LogP contribution in [0.3, 0.4) is 0 Å². The maximum atomic E-state index is 13.3. The van der Waals surface area contributed by atoms with Crippen LogP contribution < -0.4 is 10.1 Å². The molecule has 1 amide bonds. The molecular weight excluding hydrogens is 327 g/mol. The van der Waals surface area contributed by atoms with E-state index in [0.717, 1.165) is 0 Å². The molecule has 8 heteroatoms. The summed E-state index contributed by atoms with van der Waals surface area (Å²) < 4.78 is 18.5. The molecule has 0 atom stereocenters. The van der Waals surface area contributed by atoms with Gasteiger partial charge in [0.2, 0.25) is 5.88 Å². The van der Waals surface area contributed by atoms with Crippen molar-refractivity contribution in [3.8, 4) is 11.6 Å². The van der Waals surface area contributed by atoms with Gasteiger partial charge in [0.25, 0.3) is 5.91 Å². The number of amides is 1. The Morgan fingerprint density at radius 2 is 2.12 bits per heavy atom. The molecule has 0 fully saturated rings. The number of hydrogen-bond acceptors (Lipinski definition) is 5. The van der Waals surface area contributed by atoms with E-state index >= 15 is 0 Å². The van der Waals surface area contributed by atoms with Gasteiger partial charge < -0.3 is 20.1 Å². The first-order chi connectivity index (χ1) is 12.1. The lowest BCUT2D eigenvalue weighted by atomic mass is 10.2. The number of H-pyrrole nitrogens is 1. The number of halogens is 1. The lowest BCUT2D eigenvalue weighted by molar-refractivity contribution is -0.116. The molecule has 1 heterocycles. The van der Waals surface area contributed by atoms with Crippen LogP contribution >= 0.6 is 0 Å². The van der Waals surface area contributed by atoms with Crippen molar-refractivity contribution in [2.75, 3.05) is 19.0 Å². The molecule has 3 rings (SSSR count). The number of rotatable bonds is 5. The number of nitrogens with one attached hydrogen (secondary N) is 2. The van der Waals surface area contributed by atoms with Crippen molar-refractivity contribution in [1.29, 1.82) is 0 Å². The second-order valence-corrected chi connectivity index (χ2v) is 5.16. The highest BCUT2D eigenvalue weighted by atomic mass is 19.1. The van der Waals surface area contributed by atoms with Gasteiger partial charge >= 0.3 is 0 Å². The number of aromatic nitrogens is 1. The lowest BCUT2D eigenvalue weighted by Gasteiger charge is -2.08. The van der Waals surface area contributed by atoms with E-state index in [9.17, 15) is 14.3 Å². The molecule has 0 aliphatic rings.